The van der Waals surface area contributed by atoms with Crippen LogP contribution in [0.1, 0.15) is 28.4 Å². The lowest BCUT2D eigenvalue weighted by molar-refractivity contribution is -0.918. The Bertz CT molecular complexity index is 852. The fraction of sp³-hybridized carbons (Fsp3) is 0.435. The molecule has 3 rings (SSSR count). The SMILES string of the molecule is CCOC(=O)c1ccc(OC[C@@H](O)C[NH+]2CCc3cc(OC)c(OC)cc3C2)cc1. The molecule has 0 fully saturated rings. The molecular formula is C23H30NO6+. The third-order valence-electron chi connectivity index (χ3n) is 5.23. The summed E-state index contributed by atoms with van der Waals surface area (Å²) in [5, 5.41) is 10.4. The topological polar surface area (TPSA) is 78.7 Å². The van der Waals surface area contributed by atoms with E-state index >= 15 is 0 Å². The lowest BCUT2D eigenvalue weighted by atomic mass is 9.98. The maximum Gasteiger partial charge on any atom is 0.338 e. The third kappa shape index (κ3) is 5.43. The van der Waals surface area contributed by atoms with Gasteiger partial charge in [-0.25, -0.2) is 4.79 Å². The van der Waals surface area contributed by atoms with Gasteiger partial charge in [0.2, 0.25) is 0 Å². The summed E-state index contributed by atoms with van der Waals surface area (Å²) in [7, 11) is 3.28. The fourth-order valence-electron chi connectivity index (χ4n) is 3.69. The Hall–Kier alpha value is -2.77. The zero-order valence-electron chi connectivity index (χ0n) is 17.8. The fourth-order valence-corrected chi connectivity index (χ4v) is 3.69. The number of esters is 1. The number of ether oxygens (including phenoxy) is 4. The summed E-state index contributed by atoms with van der Waals surface area (Å²) in [6.45, 7) is 4.66. The van der Waals surface area contributed by atoms with Crippen LogP contribution in [0, 0.1) is 0 Å². The van der Waals surface area contributed by atoms with E-state index < -0.39 is 6.10 Å². The van der Waals surface area contributed by atoms with Crippen molar-refractivity contribution in [1.82, 2.24) is 0 Å². The average Bonchev–Trinajstić information content (AvgIpc) is 2.77. The summed E-state index contributed by atoms with van der Waals surface area (Å²) in [5.41, 5.74) is 2.97. The van der Waals surface area contributed by atoms with E-state index in [-0.39, 0.29) is 12.6 Å². The number of aliphatic hydroxyl groups is 1. The van der Waals surface area contributed by atoms with Crippen LogP contribution in [0.2, 0.25) is 0 Å². The monoisotopic (exact) mass is 416 g/mol. The highest BCUT2D eigenvalue weighted by atomic mass is 16.5. The molecule has 1 unspecified atom stereocenters. The van der Waals surface area contributed by atoms with Gasteiger partial charge in [-0.05, 0) is 48.9 Å². The molecule has 7 nitrogen and oxygen atoms in total. The van der Waals surface area contributed by atoms with Crippen LogP contribution < -0.4 is 19.1 Å². The zero-order valence-corrected chi connectivity index (χ0v) is 17.8. The lowest BCUT2D eigenvalue weighted by Gasteiger charge is -2.28. The van der Waals surface area contributed by atoms with E-state index in [1.165, 1.54) is 16.0 Å². The molecule has 0 aromatic heterocycles. The van der Waals surface area contributed by atoms with Gasteiger partial charge < -0.3 is 29.0 Å². The van der Waals surface area contributed by atoms with Crippen molar-refractivity contribution >= 4 is 5.97 Å². The van der Waals surface area contributed by atoms with Gasteiger partial charge >= 0.3 is 5.97 Å². The van der Waals surface area contributed by atoms with Crippen LogP contribution >= 0.6 is 0 Å². The molecule has 0 amide bonds. The highest BCUT2D eigenvalue weighted by Gasteiger charge is 2.24. The normalized spacial score (nSPS) is 16.3. The van der Waals surface area contributed by atoms with Crippen LogP contribution in [0.5, 0.6) is 17.2 Å². The van der Waals surface area contributed by atoms with Gasteiger partial charge in [0.05, 0.1) is 32.9 Å². The Morgan fingerprint density at radius 2 is 1.77 bits per heavy atom. The van der Waals surface area contributed by atoms with Gasteiger partial charge in [0.1, 0.15) is 31.5 Å². The number of rotatable bonds is 9. The number of fused-ring (bicyclic) bond motifs is 1. The Labute approximate surface area is 177 Å². The maximum absolute atomic E-state index is 11.7. The first-order valence-electron chi connectivity index (χ1n) is 10.2. The summed E-state index contributed by atoms with van der Waals surface area (Å²) in [6, 6.07) is 10.8. The van der Waals surface area contributed by atoms with E-state index in [2.05, 4.69) is 0 Å². The van der Waals surface area contributed by atoms with Gasteiger partial charge in [0.25, 0.3) is 0 Å². The first-order valence-corrected chi connectivity index (χ1v) is 10.2. The van der Waals surface area contributed by atoms with Crippen molar-refractivity contribution in [3.8, 4) is 17.2 Å². The molecule has 2 aromatic carbocycles. The minimum absolute atomic E-state index is 0.195. The Morgan fingerprint density at radius 1 is 1.10 bits per heavy atom. The second-order valence-corrected chi connectivity index (χ2v) is 7.32. The van der Waals surface area contributed by atoms with E-state index in [9.17, 15) is 9.90 Å². The van der Waals surface area contributed by atoms with Crippen LogP contribution in [0.15, 0.2) is 36.4 Å². The van der Waals surface area contributed by atoms with Crippen LogP contribution in [0.25, 0.3) is 0 Å². The number of methoxy groups -OCH3 is 2. The van der Waals surface area contributed by atoms with E-state index in [1.54, 1.807) is 45.4 Å². The third-order valence-corrected chi connectivity index (χ3v) is 5.23. The zero-order chi connectivity index (χ0) is 21.5. The number of benzene rings is 2. The molecule has 1 heterocycles. The molecular weight excluding hydrogens is 386 g/mol. The molecule has 0 radical (unpaired) electrons. The standard InChI is InChI=1S/C23H29NO6/c1-4-29-23(26)16-5-7-20(8-6-16)30-15-19(25)14-24-10-9-17-11-21(27-2)22(28-3)12-18(17)13-24/h5-8,11-12,19,25H,4,9-10,13-15H2,1-3H3/p+1/t19-/m0/s1. The Morgan fingerprint density at radius 3 is 2.40 bits per heavy atom. The van der Waals surface area contributed by atoms with Crippen molar-refractivity contribution in [2.24, 2.45) is 0 Å². The van der Waals surface area contributed by atoms with Crippen LogP contribution in [0.3, 0.4) is 0 Å². The molecule has 2 aromatic rings. The second kappa shape index (κ2) is 10.3. The largest absolute Gasteiger partial charge is 0.493 e. The van der Waals surface area contributed by atoms with Crippen molar-refractivity contribution < 1.29 is 33.7 Å². The van der Waals surface area contributed by atoms with Crippen LogP contribution in [-0.2, 0) is 17.7 Å². The molecule has 1 aliphatic heterocycles. The number of hydrogen-bond donors (Lipinski definition) is 2. The average molecular weight is 416 g/mol. The van der Waals surface area contributed by atoms with Gasteiger partial charge in [-0.15, -0.1) is 0 Å². The number of aliphatic hydroxyl groups excluding tert-OH is 1. The molecule has 2 atom stereocenters. The first-order chi connectivity index (χ1) is 14.5. The molecule has 30 heavy (non-hydrogen) atoms. The highest BCUT2D eigenvalue weighted by molar-refractivity contribution is 5.89. The van der Waals surface area contributed by atoms with Crippen molar-refractivity contribution in [1.29, 1.82) is 0 Å². The number of carbonyl (C=O) groups is 1. The molecule has 0 saturated carbocycles. The summed E-state index contributed by atoms with van der Waals surface area (Å²) >= 11 is 0. The van der Waals surface area contributed by atoms with Crippen molar-refractivity contribution in [2.75, 3.05) is 40.5 Å². The predicted molar refractivity (Wildman–Crippen MR) is 112 cm³/mol. The van der Waals surface area contributed by atoms with Crippen LogP contribution in [-0.4, -0.2) is 57.7 Å². The number of nitrogens with one attached hydrogen (secondary N) is 1. The Balaban J connectivity index is 1.51. The molecule has 0 bridgehead atoms. The quantitative estimate of drug-likeness (QED) is 0.600. The first kappa shape index (κ1) is 21.9. The van der Waals surface area contributed by atoms with Crippen molar-refractivity contribution in [3.05, 3.63) is 53.1 Å². The minimum Gasteiger partial charge on any atom is -0.493 e. The second-order valence-electron chi connectivity index (χ2n) is 7.32. The van der Waals surface area contributed by atoms with Gasteiger partial charge in [-0.2, -0.15) is 0 Å². The molecule has 2 N–H and O–H groups in total. The summed E-state index contributed by atoms with van der Waals surface area (Å²) < 4.78 is 21.5. The Kier molecular flexibility index (Phi) is 7.54. The van der Waals surface area contributed by atoms with Crippen molar-refractivity contribution in [3.63, 3.8) is 0 Å². The molecule has 162 valence electrons. The minimum atomic E-state index is -0.591. The summed E-state index contributed by atoms with van der Waals surface area (Å²) in [4.78, 5) is 13.0. The predicted octanol–water partition coefficient (Wildman–Crippen LogP) is 1.26. The lowest BCUT2D eigenvalue weighted by Crippen LogP contribution is -3.13. The molecule has 0 spiro atoms. The number of hydrogen-bond acceptors (Lipinski definition) is 6. The molecule has 7 heteroatoms. The summed E-state index contributed by atoms with van der Waals surface area (Å²) in [5.74, 6) is 1.74. The van der Waals surface area contributed by atoms with Crippen molar-refractivity contribution in [2.45, 2.75) is 26.0 Å². The van der Waals surface area contributed by atoms with E-state index in [1.807, 2.05) is 12.1 Å². The number of carbonyl (C=O) groups excluding carboxylic acids is 1. The molecule has 0 saturated heterocycles. The van der Waals surface area contributed by atoms with Gasteiger partial charge in [0.15, 0.2) is 11.5 Å². The van der Waals surface area contributed by atoms with Gasteiger partial charge in [0, 0.05) is 12.0 Å². The highest BCUT2D eigenvalue weighted by Crippen LogP contribution is 2.31. The molecule has 1 aliphatic rings. The number of quaternary nitrogens is 1. The van der Waals surface area contributed by atoms with Gasteiger partial charge in [-0.1, -0.05) is 0 Å². The molecule has 0 aliphatic carbocycles. The summed E-state index contributed by atoms with van der Waals surface area (Å²) in [6.07, 6.45) is 0.333. The smallest absolute Gasteiger partial charge is 0.338 e. The van der Waals surface area contributed by atoms with E-state index in [0.29, 0.717) is 24.5 Å². The van der Waals surface area contributed by atoms with E-state index in [4.69, 9.17) is 18.9 Å². The van der Waals surface area contributed by atoms with E-state index in [0.717, 1.165) is 31.0 Å². The van der Waals surface area contributed by atoms with Gasteiger partial charge in [-0.3, -0.25) is 0 Å². The maximum atomic E-state index is 11.7. The van der Waals surface area contributed by atoms with Crippen LogP contribution in [0.4, 0.5) is 0 Å².